The molecule has 1 fully saturated rings. The normalized spacial score (nSPS) is 26.7. The Labute approximate surface area is 96.9 Å². The number of halogens is 1. The van der Waals surface area contributed by atoms with Gasteiger partial charge in [-0.25, -0.2) is 4.39 Å². The minimum atomic E-state index is -0.755. The molecule has 0 spiro atoms. The van der Waals surface area contributed by atoms with Crippen LogP contribution in [0.3, 0.4) is 0 Å². The Morgan fingerprint density at radius 3 is 2.81 bits per heavy atom. The molecule has 1 saturated heterocycles. The Morgan fingerprint density at radius 2 is 2.25 bits per heavy atom. The Balaban J connectivity index is 2.40. The fraction of sp³-hybridized carbons (Fsp3) is 0.750. The van der Waals surface area contributed by atoms with Gasteiger partial charge in [-0.2, -0.15) is 0 Å². The number of likely N-dealkylation sites (tertiary alicyclic amines) is 1. The zero-order valence-electron chi connectivity index (χ0n) is 10.3. The first-order valence-electron chi connectivity index (χ1n) is 5.75. The van der Waals surface area contributed by atoms with Gasteiger partial charge in [0, 0.05) is 31.6 Å². The molecule has 1 aliphatic heterocycles. The molecule has 0 aromatic carbocycles. The van der Waals surface area contributed by atoms with Crippen LogP contribution < -0.4 is 0 Å². The van der Waals surface area contributed by atoms with Gasteiger partial charge in [0.05, 0.1) is 0 Å². The largest absolute Gasteiger partial charge is 0.339 e. The summed E-state index contributed by atoms with van der Waals surface area (Å²) in [6.07, 6.45) is 3.14. The molecule has 16 heavy (non-hydrogen) atoms. The van der Waals surface area contributed by atoms with Crippen LogP contribution in [0.1, 0.15) is 13.3 Å². The van der Waals surface area contributed by atoms with Crippen molar-refractivity contribution in [3.63, 3.8) is 0 Å². The summed E-state index contributed by atoms with van der Waals surface area (Å²) in [5.41, 5.74) is 0. The number of hydrogen-bond donors (Lipinski definition) is 0. The van der Waals surface area contributed by atoms with E-state index in [1.807, 2.05) is 32.0 Å². The number of amides is 1. The first-order valence-corrected chi connectivity index (χ1v) is 5.75. The molecule has 0 N–H and O–H groups in total. The van der Waals surface area contributed by atoms with Crippen LogP contribution in [0.2, 0.25) is 0 Å². The van der Waals surface area contributed by atoms with Gasteiger partial charge in [-0.05, 0) is 20.5 Å². The van der Waals surface area contributed by atoms with E-state index >= 15 is 0 Å². The molecule has 1 rings (SSSR count). The monoisotopic (exact) mass is 228 g/mol. The second-order valence-electron chi connectivity index (χ2n) is 4.73. The van der Waals surface area contributed by atoms with Crippen LogP contribution >= 0.6 is 0 Å². The molecule has 0 aromatic heterocycles. The molecule has 2 unspecified atom stereocenters. The summed E-state index contributed by atoms with van der Waals surface area (Å²) < 4.78 is 13.2. The van der Waals surface area contributed by atoms with Gasteiger partial charge in [0.15, 0.2) is 0 Å². The molecule has 92 valence electrons. The minimum absolute atomic E-state index is 0.000556. The Morgan fingerprint density at radius 1 is 1.56 bits per heavy atom. The first-order chi connectivity index (χ1) is 7.50. The van der Waals surface area contributed by atoms with E-state index in [0.717, 1.165) is 6.54 Å². The maximum atomic E-state index is 13.2. The summed E-state index contributed by atoms with van der Waals surface area (Å²) in [5.74, 6) is -0.0412. The third kappa shape index (κ3) is 3.93. The van der Waals surface area contributed by atoms with Gasteiger partial charge in [-0.1, -0.05) is 13.0 Å². The number of alkyl halides is 1. The van der Waals surface area contributed by atoms with Gasteiger partial charge < -0.3 is 9.80 Å². The molecule has 4 heteroatoms. The van der Waals surface area contributed by atoms with E-state index in [4.69, 9.17) is 0 Å². The van der Waals surface area contributed by atoms with E-state index in [1.165, 1.54) is 0 Å². The molecule has 3 nitrogen and oxygen atoms in total. The molecule has 0 aliphatic carbocycles. The van der Waals surface area contributed by atoms with Crippen molar-refractivity contribution in [1.82, 2.24) is 9.80 Å². The van der Waals surface area contributed by atoms with E-state index in [1.54, 1.807) is 11.0 Å². The van der Waals surface area contributed by atoms with E-state index in [-0.39, 0.29) is 11.8 Å². The molecule has 0 radical (unpaired) electrons. The molecule has 1 amide bonds. The second kappa shape index (κ2) is 5.99. The summed E-state index contributed by atoms with van der Waals surface area (Å²) in [7, 11) is 3.90. The van der Waals surface area contributed by atoms with Crippen LogP contribution in [-0.4, -0.2) is 55.6 Å². The predicted molar refractivity (Wildman–Crippen MR) is 63.0 cm³/mol. The fourth-order valence-electron chi connectivity index (χ4n) is 1.79. The molecule has 1 heterocycles. The average molecular weight is 228 g/mol. The van der Waals surface area contributed by atoms with E-state index in [0.29, 0.717) is 19.5 Å². The van der Waals surface area contributed by atoms with Crippen LogP contribution in [0.25, 0.3) is 0 Å². The van der Waals surface area contributed by atoms with Crippen molar-refractivity contribution in [1.29, 1.82) is 0 Å². The average Bonchev–Trinajstić information content (AvgIpc) is 2.21. The predicted octanol–water partition coefficient (Wildman–Crippen LogP) is 1.31. The maximum absolute atomic E-state index is 13.2. The lowest BCUT2D eigenvalue weighted by molar-refractivity contribution is -0.128. The highest BCUT2D eigenvalue weighted by molar-refractivity contribution is 5.87. The molecular weight excluding hydrogens is 207 g/mol. The molecule has 0 saturated carbocycles. The zero-order valence-corrected chi connectivity index (χ0v) is 10.3. The molecule has 2 atom stereocenters. The zero-order chi connectivity index (χ0) is 12.1. The first kappa shape index (κ1) is 13.2. The number of rotatable bonds is 3. The lowest BCUT2D eigenvalue weighted by Crippen LogP contribution is -2.43. The van der Waals surface area contributed by atoms with Gasteiger partial charge >= 0.3 is 0 Å². The Bertz CT molecular complexity index is 266. The van der Waals surface area contributed by atoms with Gasteiger partial charge in [0.25, 0.3) is 0 Å². The van der Waals surface area contributed by atoms with Crippen molar-refractivity contribution < 1.29 is 9.18 Å². The van der Waals surface area contributed by atoms with Crippen molar-refractivity contribution in [2.24, 2.45) is 5.92 Å². The third-order valence-corrected chi connectivity index (χ3v) is 2.84. The smallest absolute Gasteiger partial charge is 0.246 e. The summed E-state index contributed by atoms with van der Waals surface area (Å²) in [6, 6.07) is 0. The SMILES string of the molecule is CC1CN(C(=O)/C=C/CN(C)C)CCC1F. The number of likely N-dealkylation sites (N-methyl/N-ethyl adjacent to an activating group) is 1. The second-order valence-corrected chi connectivity index (χ2v) is 4.73. The maximum Gasteiger partial charge on any atom is 0.246 e. The van der Waals surface area contributed by atoms with Crippen molar-refractivity contribution in [2.45, 2.75) is 19.5 Å². The number of carbonyl (C=O) groups is 1. The summed E-state index contributed by atoms with van der Waals surface area (Å²) >= 11 is 0. The lowest BCUT2D eigenvalue weighted by atomic mass is 9.98. The van der Waals surface area contributed by atoms with E-state index in [9.17, 15) is 9.18 Å². The van der Waals surface area contributed by atoms with Crippen molar-refractivity contribution in [3.05, 3.63) is 12.2 Å². The molecule has 0 bridgehead atoms. The number of hydrogen-bond acceptors (Lipinski definition) is 2. The van der Waals surface area contributed by atoms with E-state index < -0.39 is 6.17 Å². The molecule has 1 aliphatic rings. The number of piperidine rings is 1. The van der Waals surface area contributed by atoms with Crippen molar-refractivity contribution >= 4 is 5.91 Å². The van der Waals surface area contributed by atoms with Crippen LogP contribution in [0, 0.1) is 5.92 Å². The molecule has 0 aromatic rings. The highest BCUT2D eigenvalue weighted by atomic mass is 19.1. The topological polar surface area (TPSA) is 23.6 Å². The standard InChI is InChI=1S/C12H21FN2O/c1-10-9-15(8-6-11(10)13)12(16)5-4-7-14(2)3/h4-5,10-11H,6-9H2,1-3H3/b5-4+. The Kier molecular flexibility index (Phi) is 4.93. The van der Waals surface area contributed by atoms with Gasteiger partial charge in [0.1, 0.15) is 6.17 Å². The highest BCUT2D eigenvalue weighted by Crippen LogP contribution is 2.19. The summed E-state index contributed by atoms with van der Waals surface area (Å²) in [6.45, 7) is 3.68. The quantitative estimate of drug-likeness (QED) is 0.680. The van der Waals surface area contributed by atoms with Crippen molar-refractivity contribution in [3.8, 4) is 0 Å². The fourth-order valence-corrected chi connectivity index (χ4v) is 1.79. The minimum Gasteiger partial charge on any atom is -0.339 e. The third-order valence-electron chi connectivity index (χ3n) is 2.84. The van der Waals surface area contributed by atoms with Crippen LogP contribution in [0.4, 0.5) is 4.39 Å². The number of nitrogens with zero attached hydrogens (tertiary/aromatic N) is 2. The van der Waals surface area contributed by atoms with Crippen LogP contribution in [-0.2, 0) is 4.79 Å². The van der Waals surface area contributed by atoms with Gasteiger partial charge in [-0.3, -0.25) is 4.79 Å². The Hall–Kier alpha value is -0.900. The highest BCUT2D eigenvalue weighted by Gasteiger charge is 2.27. The van der Waals surface area contributed by atoms with Gasteiger partial charge in [-0.15, -0.1) is 0 Å². The van der Waals surface area contributed by atoms with Crippen molar-refractivity contribution in [2.75, 3.05) is 33.7 Å². The van der Waals surface area contributed by atoms with Crippen LogP contribution in [0.15, 0.2) is 12.2 Å². The van der Waals surface area contributed by atoms with Crippen LogP contribution in [0.5, 0.6) is 0 Å². The van der Waals surface area contributed by atoms with Gasteiger partial charge in [0.2, 0.25) is 5.91 Å². The van der Waals surface area contributed by atoms with E-state index in [2.05, 4.69) is 0 Å². The molecular formula is C12H21FN2O. The summed E-state index contributed by atoms with van der Waals surface area (Å²) in [5, 5.41) is 0. The number of carbonyl (C=O) groups excluding carboxylic acids is 1. The summed E-state index contributed by atoms with van der Waals surface area (Å²) in [4.78, 5) is 15.4. The lowest BCUT2D eigenvalue weighted by Gasteiger charge is -2.32.